The highest BCUT2D eigenvalue weighted by Gasteiger charge is 2.24. The van der Waals surface area contributed by atoms with Crippen LogP contribution >= 0.6 is 0 Å². The largest absolute Gasteiger partial charge is 0.503 e. The summed E-state index contributed by atoms with van der Waals surface area (Å²) in [5.74, 6) is -12.5. The predicted molar refractivity (Wildman–Crippen MR) is 449 cm³/mol. The summed E-state index contributed by atoms with van der Waals surface area (Å²) >= 11 is 0. The Morgan fingerprint density at radius 3 is 0.971 bits per heavy atom. The maximum Gasteiger partial charge on any atom is 0.503 e. The lowest BCUT2D eigenvalue weighted by molar-refractivity contribution is -0.147. The number of aromatic nitrogens is 14. The average molecular weight is 2010 g/mol. The van der Waals surface area contributed by atoms with Gasteiger partial charge < -0.3 is 115 Å². The van der Waals surface area contributed by atoms with Gasteiger partial charge in [-0.05, 0) is 104 Å². The molecular weight excluding hydrogens is 1920 g/mol. The van der Waals surface area contributed by atoms with Gasteiger partial charge in [-0.15, -0.1) is 0 Å². The summed E-state index contributed by atoms with van der Waals surface area (Å²) in [6.45, 7) is 16.6. The van der Waals surface area contributed by atoms with Crippen LogP contribution in [0.25, 0.3) is 0 Å². The number of H-pyrrole nitrogens is 6. The van der Waals surface area contributed by atoms with Gasteiger partial charge in [0.05, 0.1) is 31.3 Å². The van der Waals surface area contributed by atoms with Crippen molar-refractivity contribution in [2.24, 2.45) is 0 Å². The van der Waals surface area contributed by atoms with E-state index in [0.29, 0.717) is 75.3 Å². The molecule has 0 atom stereocenters. The maximum atomic E-state index is 14.0. The van der Waals surface area contributed by atoms with Gasteiger partial charge in [0.2, 0.25) is 40.7 Å². The van der Waals surface area contributed by atoms with Crippen LogP contribution in [0.15, 0.2) is 111 Å². The number of alkyl carbamates (subject to hydrolysis) is 5. The second-order valence-electron chi connectivity index (χ2n) is 30.6. The van der Waals surface area contributed by atoms with E-state index >= 15 is 0 Å². The van der Waals surface area contributed by atoms with E-state index in [0.717, 1.165) is 0 Å². The highest BCUT2D eigenvalue weighted by Crippen LogP contribution is 2.10. The number of esters is 3. The number of aliphatic hydroxyl groups is 4. The molecule has 7 heterocycles. The number of carboxylic acids is 1. The van der Waals surface area contributed by atoms with Crippen molar-refractivity contribution in [2.45, 2.75) is 192 Å². The Balaban J connectivity index is 0. The molecule has 0 aliphatic carbocycles. The molecule has 18 N–H and O–H groups in total. The number of carboxylic acid groups (broad SMARTS) is 3. The molecule has 0 saturated heterocycles. The summed E-state index contributed by atoms with van der Waals surface area (Å²) in [7, 11) is 0. The summed E-state index contributed by atoms with van der Waals surface area (Å²) in [5.41, 5.74) is -17.9. The molecule has 0 saturated carbocycles. The molecule has 0 unspecified atom stereocenters. The minimum atomic E-state index is -1.83. The van der Waals surface area contributed by atoms with Crippen LogP contribution in [0.5, 0.6) is 0 Å². The minimum Gasteiger partial charge on any atom is -0.480 e. The van der Waals surface area contributed by atoms with Crippen molar-refractivity contribution in [1.82, 2.24) is 93.0 Å². The van der Waals surface area contributed by atoms with Crippen LogP contribution in [0.4, 0.5) is 59.5 Å². The van der Waals surface area contributed by atoms with Crippen molar-refractivity contribution < 1.29 is 157 Å². The van der Waals surface area contributed by atoms with Gasteiger partial charge in [-0.2, -0.15) is 30.7 Å². The van der Waals surface area contributed by atoms with E-state index in [-0.39, 0.29) is 11.0 Å². The summed E-state index contributed by atoms with van der Waals surface area (Å²) in [4.78, 5) is 286. The Morgan fingerprint density at radius 2 is 0.619 bits per heavy atom. The van der Waals surface area contributed by atoms with E-state index in [9.17, 15) is 146 Å². The van der Waals surface area contributed by atoms with Crippen molar-refractivity contribution in [3.8, 4) is 0 Å². The summed E-state index contributed by atoms with van der Waals surface area (Å²) in [5, 5.41) is 66.8. The van der Waals surface area contributed by atoms with Crippen LogP contribution in [0, 0.1) is 40.7 Å². The molecule has 139 heavy (non-hydrogen) atoms. The Hall–Kier alpha value is -16.7. The number of halogens is 7. The molecule has 66 heteroatoms. The molecule has 0 aliphatic heterocycles. The van der Waals surface area contributed by atoms with E-state index in [1.54, 1.807) is 119 Å². The third-order valence-corrected chi connectivity index (χ3v) is 13.4. The van der Waals surface area contributed by atoms with Gasteiger partial charge >= 0.3 is 100 Å². The average Bonchev–Trinajstić information content (AvgIpc) is 0.829. The topological polar surface area (TPSA) is 837 Å². The molecule has 774 valence electrons. The molecule has 0 aromatic carbocycles. The standard InChI is InChI=1S/C21H31FN4O9.2C12H16FN3O6.C7H13NO4.C6H7FN2O4.2C5H5FN2O3.C4H3FN2O2.CH2O3/c1-20(2,3)34-17(30)23-9-13(27)7-8-26-16(29)14(22)11-25(19(26)32)12-33-15(28)10-24-18(31)35-21(4,5)6;1-12(2,3)22-11(20)14-4-8(17)21-6-16-5-7(13)9(18)15-10(16)19;1-12(2,3)22-11(20)15-5-8(17)21-6-16-9(18)7(13)4-14-10(16)19;1-7(2,3)12-6(11)8-4-5(9)10;7-4-1-8(2-10)6(13)9(3-11)5(4)12;6-3-1-8(2-9)5(11)7-4(3)10;6-3-1-7-5(11)8(2-9)4(3)10;5-2-1-6-4(9)7-3(2)8;2-1(3)4/h11H,7-10,12H2,1-6H3,(H,23,30)(H,24,31);5H,4,6H2,1-3H3,(H,14,20)(H,15,18,19);4H,5-6H2,1-3H3,(H,14,19)(H,15,20);4H2,1-3H3,(H,8,11)(H,9,10);1,10-11H,2-3H2;1,9H,2H2,(H,7,10,11);1,9H,2H2,(H,7,11);1H,(H2,6,7,8,9);(H2,2,3,4). The van der Waals surface area contributed by atoms with Crippen molar-refractivity contribution in [2.75, 3.05) is 32.7 Å². The highest BCUT2D eigenvalue weighted by molar-refractivity contribution is 5.84. The molecule has 5 amide bonds. The Bertz CT molecular complexity index is 6320. The van der Waals surface area contributed by atoms with Crippen molar-refractivity contribution in [1.29, 1.82) is 0 Å². The van der Waals surface area contributed by atoms with Crippen LogP contribution in [0.3, 0.4) is 0 Å². The lowest BCUT2D eigenvalue weighted by Crippen LogP contribution is -2.43. The first-order valence-electron chi connectivity index (χ1n) is 38.2. The highest BCUT2D eigenvalue weighted by atomic mass is 19.2. The molecule has 0 fully saturated rings. The van der Waals surface area contributed by atoms with Crippen LogP contribution in [0.1, 0.15) is 110 Å². The zero-order valence-corrected chi connectivity index (χ0v) is 75.8. The van der Waals surface area contributed by atoms with Crippen LogP contribution in [-0.4, -0.2) is 229 Å². The van der Waals surface area contributed by atoms with E-state index in [4.69, 9.17) is 69.0 Å². The second kappa shape index (κ2) is 58.4. The van der Waals surface area contributed by atoms with Gasteiger partial charge in [0, 0.05) is 31.6 Å². The number of rotatable bonds is 23. The first kappa shape index (κ1) is 124. The molecule has 59 nitrogen and oxygen atoms in total. The lowest BCUT2D eigenvalue weighted by Gasteiger charge is -2.19. The Labute approximate surface area is 768 Å². The smallest absolute Gasteiger partial charge is 0.480 e. The van der Waals surface area contributed by atoms with Crippen LogP contribution in [-0.2, 0) is 116 Å². The van der Waals surface area contributed by atoms with Gasteiger partial charge in [0.1, 0.15) is 81.1 Å². The number of Topliss-reactive ketones (excluding diaryl/α,β-unsaturated/α-hetero) is 1. The quantitative estimate of drug-likeness (QED) is 0.0163. The monoisotopic (exact) mass is 2010 g/mol. The molecule has 7 aromatic heterocycles. The van der Waals surface area contributed by atoms with Gasteiger partial charge in [-0.25, -0.2) is 76.0 Å². The second-order valence-corrected chi connectivity index (χ2v) is 30.6. The molecular formula is C73H98F7N19O40. The van der Waals surface area contributed by atoms with Crippen LogP contribution < -0.4 is 105 Å². The van der Waals surface area contributed by atoms with E-state index < -0.39 is 300 Å². The summed E-state index contributed by atoms with van der Waals surface area (Å²) in [6, 6.07) is 0. The fourth-order valence-corrected chi connectivity index (χ4v) is 7.75. The number of ether oxygens (including phenoxy) is 8. The van der Waals surface area contributed by atoms with Gasteiger partial charge in [0.25, 0.3) is 38.9 Å². The van der Waals surface area contributed by atoms with Crippen molar-refractivity contribution in [3.63, 3.8) is 0 Å². The van der Waals surface area contributed by atoms with E-state index in [2.05, 4.69) is 36.1 Å². The molecule has 0 bridgehead atoms. The summed E-state index contributed by atoms with van der Waals surface area (Å²) in [6.07, 6.45) is -1.89. The third-order valence-electron chi connectivity index (χ3n) is 13.4. The number of carbonyl (C=O) groups excluding carboxylic acids is 9. The number of amides is 5. The minimum absolute atomic E-state index is 0.269. The molecule has 0 aliphatic rings. The SMILES string of the molecule is CC(C)(C)OC(=O)NCC(=O)CCn1c(=O)c(F)cn(COC(=O)CNC(=O)OC(C)(C)C)c1=O.CC(C)(C)OC(=O)NCC(=O)O.CC(C)(C)OC(=O)NCC(=O)OCn1c(=O)[nH]cc(F)c1=O.CC(C)(C)OC(=O)NCC(=O)OCn1cc(F)c(=O)[nH]c1=O.O=C(O)O.O=c1[nH]c(=O)n(CO)cc1F.O=c1[nH]cc(F)c(=O)[nH]1.O=c1[nH]cc(F)c(=O)n1CO.O=c1c(F)cn(CO)c(=O)n1CO. The maximum absolute atomic E-state index is 14.0. The lowest BCUT2D eigenvalue weighted by atomic mass is 10.2. The Morgan fingerprint density at radius 1 is 0.324 bits per heavy atom. The summed E-state index contributed by atoms with van der Waals surface area (Å²) < 4.78 is 132. The van der Waals surface area contributed by atoms with Gasteiger partial charge in [-0.1, -0.05) is 0 Å². The van der Waals surface area contributed by atoms with E-state index in [1.807, 2.05) is 15.0 Å². The first-order chi connectivity index (χ1) is 63.8. The predicted octanol–water partition coefficient (Wildman–Crippen LogP) is -4.62. The van der Waals surface area contributed by atoms with Crippen LogP contribution in [0.2, 0.25) is 0 Å². The first-order valence-corrected chi connectivity index (χ1v) is 38.2. The van der Waals surface area contributed by atoms with Gasteiger partial charge in [-0.3, -0.25) is 95.3 Å². The number of aromatic amines is 6. The number of aliphatic hydroxyl groups excluding tert-OH is 4. The van der Waals surface area contributed by atoms with E-state index in [1.165, 1.54) is 0 Å². The molecule has 0 radical (unpaired) electrons. The number of aliphatic carboxylic acids is 1. The molecule has 7 rings (SSSR count). The zero-order valence-electron chi connectivity index (χ0n) is 75.8. The number of hydrogen-bond acceptors (Lipinski definition) is 37. The number of nitrogens with zero attached hydrogens (tertiary/aromatic N) is 8. The molecule has 7 aromatic rings. The third kappa shape index (κ3) is 53.1. The normalized spacial score (nSPS) is 10.6. The number of nitrogens with one attached hydrogen (secondary N) is 11. The number of ketones is 1. The fourth-order valence-electron chi connectivity index (χ4n) is 7.75. The van der Waals surface area contributed by atoms with Crippen molar-refractivity contribution in [3.05, 3.63) is 230 Å². The molecule has 0 spiro atoms. The number of hydrogen-bond donors (Lipinski definition) is 18. The van der Waals surface area contributed by atoms with Gasteiger partial charge in [0.15, 0.2) is 26.0 Å². The van der Waals surface area contributed by atoms with Crippen molar-refractivity contribution >= 4 is 66.3 Å². The Kier molecular flexibility index (Phi) is 52.3. The number of carbonyl (C=O) groups is 11. The zero-order chi connectivity index (χ0) is 108. The fraction of sp³-hybridized carbons (Fsp3) is 0.466.